The molecule has 0 unspecified atom stereocenters. The molecule has 0 aliphatic rings. The molecule has 1 aromatic carbocycles. The summed E-state index contributed by atoms with van der Waals surface area (Å²) < 4.78 is 15.8. The van der Waals surface area contributed by atoms with Gasteiger partial charge in [-0.15, -0.1) is 0 Å². The van der Waals surface area contributed by atoms with Crippen molar-refractivity contribution in [2.75, 3.05) is 33.5 Å². The van der Waals surface area contributed by atoms with Crippen molar-refractivity contribution in [2.45, 2.75) is 13.3 Å². The molecule has 4 heteroatoms. The Labute approximate surface area is 108 Å². The molecule has 0 atom stereocenters. The zero-order valence-electron chi connectivity index (χ0n) is 11.0. The van der Waals surface area contributed by atoms with Gasteiger partial charge >= 0.3 is 0 Å². The molecule has 0 bridgehead atoms. The number of ether oxygens (including phenoxy) is 3. The van der Waals surface area contributed by atoms with Crippen LogP contribution in [0.4, 0.5) is 0 Å². The van der Waals surface area contributed by atoms with E-state index in [1.807, 2.05) is 12.1 Å². The Morgan fingerprint density at radius 2 is 2.00 bits per heavy atom. The number of carbonyl (C=O) groups excluding carboxylic acids is 1. The van der Waals surface area contributed by atoms with Crippen LogP contribution in [0.5, 0.6) is 5.75 Å². The summed E-state index contributed by atoms with van der Waals surface area (Å²) in [6.07, 6.45) is 0.885. The SMILES string of the molecule is COCCCOCCOc1cccc(C(C)=O)c1. The fourth-order valence-electron chi connectivity index (χ4n) is 1.43. The van der Waals surface area contributed by atoms with Gasteiger partial charge in [0.2, 0.25) is 0 Å². The van der Waals surface area contributed by atoms with Crippen LogP contribution >= 0.6 is 0 Å². The average molecular weight is 252 g/mol. The third-order valence-corrected chi connectivity index (χ3v) is 2.37. The standard InChI is InChI=1S/C14H20O4/c1-12(15)13-5-3-6-14(11-13)18-10-9-17-8-4-7-16-2/h3,5-6,11H,4,7-10H2,1-2H3. The molecular formula is C14H20O4. The van der Waals surface area contributed by atoms with E-state index in [-0.39, 0.29) is 5.78 Å². The van der Waals surface area contributed by atoms with Gasteiger partial charge < -0.3 is 14.2 Å². The first-order chi connectivity index (χ1) is 8.74. The molecule has 0 aliphatic heterocycles. The Bertz CT molecular complexity index is 363. The van der Waals surface area contributed by atoms with Crippen LogP contribution in [-0.2, 0) is 9.47 Å². The summed E-state index contributed by atoms with van der Waals surface area (Å²) >= 11 is 0. The number of Topliss-reactive ketones (excluding diaryl/α,β-unsaturated/α-hetero) is 1. The quantitative estimate of drug-likeness (QED) is 0.500. The highest BCUT2D eigenvalue weighted by molar-refractivity contribution is 5.94. The lowest BCUT2D eigenvalue weighted by Gasteiger charge is -2.07. The van der Waals surface area contributed by atoms with Gasteiger partial charge in [0, 0.05) is 25.9 Å². The van der Waals surface area contributed by atoms with Crippen molar-refractivity contribution in [1.29, 1.82) is 0 Å². The van der Waals surface area contributed by atoms with E-state index >= 15 is 0 Å². The highest BCUT2D eigenvalue weighted by Gasteiger charge is 2.00. The van der Waals surface area contributed by atoms with Crippen molar-refractivity contribution in [3.05, 3.63) is 29.8 Å². The van der Waals surface area contributed by atoms with Crippen molar-refractivity contribution in [3.8, 4) is 5.75 Å². The zero-order chi connectivity index (χ0) is 13.2. The van der Waals surface area contributed by atoms with Crippen LogP contribution in [0.25, 0.3) is 0 Å². The molecule has 0 amide bonds. The van der Waals surface area contributed by atoms with Crippen molar-refractivity contribution in [2.24, 2.45) is 0 Å². The van der Waals surface area contributed by atoms with Gasteiger partial charge in [0.15, 0.2) is 5.78 Å². The minimum Gasteiger partial charge on any atom is -0.491 e. The first kappa shape index (κ1) is 14.7. The highest BCUT2D eigenvalue weighted by atomic mass is 16.5. The Morgan fingerprint density at radius 1 is 1.17 bits per heavy atom. The summed E-state index contributed by atoms with van der Waals surface area (Å²) in [5, 5.41) is 0. The monoisotopic (exact) mass is 252 g/mol. The van der Waals surface area contributed by atoms with Crippen LogP contribution < -0.4 is 4.74 Å². The highest BCUT2D eigenvalue weighted by Crippen LogP contribution is 2.13. The number of ketones is 1. The number of benzene rings is 1. The van der Waals surface area contributed by atoms with Crippen molar-refractivity contribution in [1.82, 2.24) is 0 Å². The molecule has 0 saturated heterocycles. The maximum absolute atomic E-state index is 11.2. The first-order valence-electron chi connectivity index (χ1n) is 6.04. The second-order valence-electron chi connectivity index (χ2n) is 3.89. The first-order valence-corrected chi connectivity index (χ1v) is 6.04. The molecule has 0 saturated carbocycles. The molecule has 0 fully saturated rings. The average Bonchev–Trinajstić information content (AvgIpc) is 2.38. The van der Waals surface area contributed by atoms with Crippen molar-refractivity contribution in [3.63, 3.8) is 0 Å². The van der Waals surface area contributed by atoms with Gasteiger partial charge in [-0.05, 0) is 25.5 Å². The minimum atomic E-state index is 0.0382. The molecule has 1 rings (SSSR count). The molecule has 100 valence electrons. The molecule has 18 heavy (non-hydrogen) atoms. The second-order valence-corrected chi connectivity index (χ2v) is 3.89. The Balaban J connectivity index is 2.19. The van der Waals surface area contributed by atoms with Gasteiger partial charge in [0.1, 0.15) is 12.4 Å². The molecule has 0 N–H and O–H groups in total. The molecule has 0 radical (unpaired) electrons. The van der Waals surface area contributed by atoms with Gasteiger partial charge in [-0.25, -0.2) is 0 Å². The lowest BCUT2D eigenvalue weighted by molar-refractivity contribution is 0.0806. The Hall–Kier alpha value is -1.39. The second kappa shape index (κ2) is 8.66. The smallest absolute Gasteiger partial charge is 0.159 e. The molecule has 1 aromatic rings. The predicted octanol–water partition coefficient (Wildman–Crippen LogP) is 2.32. The van der Waals surface area contributed by atoms with Crippen LogP contribution in [0, 0.1) is 0 Å². The number of hydrogen-bond donors (Lipinski definition) is 0. The van der Waals surface area contributed by atoms with E-state index in [0.29, 0.717) is 37.7 Å². The van der Waals surface area contributed by atoms with Crippen LogP contribution in [0.1, 0.15) is 23.7 Å². The van der Waals surface area contributed by atoms with Crippen LogP contribution in [0.3, 0.4) is 0 Å². The summed E-state index contributed by atoms with van der Waals surface area (Å²) in [5.74, 6) is 0.736. The maximum atomic E-state index is 11.2. The molecule has 4 nitrogen and oxygen atoms in total. The summed E-state index contributed by atoms with van der Waals surface area (Å²) in [7, 11) is 1.67. The van der Waals surface area contributed by atoms with E-state index < -0.39 is 0 Å². The van der Waals surface area contributed by atoms with Crippen LogP contribution in [0.15, 0.2) is 24.3 Å². The third kappa shape index (κ3) is 5.80. The predicted molar refractivity (Wildman–Crippen MR) is 69.3 cm³/mol. The van der Waals surface area contributed by atoms with Gasteiger partial charge in [-0.2, -0.15) is 0 Å². The van der Waals surface area contributed by atoms with E-state index in [9.17, 15) is 4.79 Å². The number of methoxy groups -OCH3 is 1. The van der Waals surface area contributed by atoms with Gasteiger partial charge in [0.05, 0.1) is 6.61 Å². The van der Waals surface area contributed by atoms with Crippen molar-refractivity contribution >= 4 is 5.78 Å². The maximum Gasteiger partial charge on any atom is 0.159 e. The van der Waals surface area contributed by atoms with E-state index in [1.165, 1.54) is 6.92 Å². The van der Waals surface area contributed by atoms with Crippen LogP contribution in [0.2, 0.25) is 0 Å². The minimum absolute atomic E-state index is 0.0382. The molecule has 0 aliphatic carbocycles. The summed E-state index contributed by atoms with van der Waals surface area (Å²) in [6, 6.07) is 7.16. The van der Waals surface area contributed by atoms with Crippen LogP contribution in [-0.4, -0.2) is 39.3 Å². The molecule has 0 heterocycles. The fraction of sp³-hybridized carbons (Fsp3) is 0.500. The topological polar surface area (TPSA) is 44.8 Å². The van der Waals surface area contributed by atoms with E-state index in [0.717, 1.165) is 6.42 Å². The summed E-state index contributed by atoms with van der Waals surface area (Å²) in [6.45, 7) is 3.94. The lowest BCUT2D eigenvalue weighted by Crippen LogP contribution is -2.08. The van der Waals surface area contributed by atoms with Gasteiger partial charge in [-0.1, -0.05) is 12.1 Å². The van der Waals surface area contributed by atoms with E-state index in [1.54, 1.807) is 19.2 Å². The fourth-order valence-corrected chi connectivity index (χ4v) is 1.43. The largest absolute Gasteiger partial charge is 0.491 e. The van der Waals surface area contributed by atoms with Gasteiger partial charge in [-0.3, -0.25) is 4.79 Å². The third-order valence-electron chi connectivity index (χ3n) is 2.37. The molecule has 0 aromatic heterocycles. The van der Waals surface area contributed by atoms with Crippen molar-refractivity contribution < 1.29 is 19.0 Å². The number of rotatable bonds is 9. The van der Waals surface area contributed by atoms with E-state index in [2.05, 4.69) is 0 Å². The van der Waals surface area contributed by atoms with E-state index in [4.69, 9.17) is 14.2 Å². The molecular weight excluding hydrogens is 232 g/mol. The normalized spacial score (nSPS) is 10.3. The zero-order valence-corrected chi connectivity index (χ0v) is 11.0. The Morgan fingerprint density at radius 3 is 2.72 bits per heavy atom. The van der Waals surface area contributed by atoms with Gasteiger partial charge in [0.25, 0.3) is 0 Å². The summed E-state index contributed by atoms with van der Waals surface area (Å²) in [5.41, 5.74) is 0.661. The molecule has 0 spiro atoms. The lowest BCUT2D eigenvalue weighted by atomic mass is 10.1. The summed E-state index contributed by atoms with van der Waals surface area (Å²) in [4.78, 5) is 11.2. The number of carbonyl (C=O) groups is 1. The Kier molecular flexibility index (Phi) is 7.06. The number of hydrogen-bond acceptors (Lipinski definition) is 4.